The number of nitrogen functional groups attached to an aromatic ring is 1. The Labute approximate surface area is 181 Å². The molecule has 5 rings (SSSR count). The van der Waals surface area contributed by atoms with Gasteiger partial charge in [0.15, 0.2) is 17.3 Å². The molecule has 2 N–H and O–H groups in total. The van der Waals surface area contributed by atoms with E-state index in [2.05, 4.69) is 21.1 Å². The summed E-state index contributed by atoms with van der Waals surface area (Å²) in [4.78, 5) is 9.84. The predicted molar refractivity (Wildman–Crippen MR) is 115 cm³/mol. The van der Waals surface area contributed by atoms with Gasteiger partial charge in [-0.3, -0.25) is 4.68 Å². The molecule has 0 spiro atoms. The molecule has 0 saturated heterocycles. The zero-order valence-corrected chi connectivity index (χ0v) is 17.6. The van der Waals surface area contributed by atoms with Crippen molar-refractivity contribution in [3.63, 3.8) is 0 Å². The molecule has 1 aliphatic heterocycles. The molecular formula is C22H17FN6OS. The lowest BCUT2D eigenvalue weighted by atomic mass is 9.96. The quantitative estimate of drug-likeness (QED) is 0.446. The van der Waals surface area contributed by atoms with Crippen LogP contribution in [-0.2, 0) is 13.5 Å². The fraction of sp³-hybridized carbons (Fsp3) is 0.182. The van der Waals surface area contributed by atoms with Crippen LogP contribution in [0.3, 0.4) is 0 Å². The van der Waals surface area contributed by atoms with Crippen molar-refractivity contribution in [3.8, 4) is 34.2 Å². The Bertz CT molecular complexity index is 1370. The third kappa shape index (κ3) is 3.12. The number of benzene rings is 1. The Hall–Kier alpha value is -3.77. The van der Waals surface area contributed by atoms with Gasteiger partial charge in [-0.1, -0.05) is 0 Å². The molecule has 1 atom stereocenters. The maximum atomic E-state index is 14.2. The summed E-state index contributed by atoms with van der Waals surface area (Å²) in [6.07, 6.45) is 1.61. The van der Waals surface area contributed by atoms with Gasteiger partial charge in [0, 0.05) is 46.8 Å². The largest absolute Gasteiger partial charge is 0.482 e. The van der Waals surface area contributed by atoms with E-state index in [1.807, 2.05) is 6.92 Å². The zero-order valence-electron chi connectivity index (χ0n) is 16.8. The van der Waals surface area contributed by atoms with E-state index >= 15 is 0 Å². The highest BCUT2D eigenvalue weighted by atomic mass is 32.1. The predicted octanol–water partition coefficient (Wildman–Crippen LogP) is 4.24. The number of pyridine rings is 1. The monoisotopic (exact) mass is 432 g/mol. The van der Waals surface area contributed by atoms with Crippen LogP contribution < -0.4 is 10.5 Å². The van der Waals surface area contributed by atoms with Crippen LogP contribution in [0.4, 0.5) is 10.2 Å². The van der Waals surface area contributed by atoms with E-state index in [0.717, 1.165) is 21.8 Å². The molecule has 0 amide bonds. The molecule has 1 aliphatic rings. The number of halogens is 1. The molecule has 0 aliphatic carbocycles. The molecule has 0 unspecified atom stereocenters. The first-order chi connectivity index (χ1) is 15.0. The molecule has 4 aromatic rings. The van der Waals surface area contributed by atoms with Gasteiger partial charge in [0.1, 0.15) is 18.0 Å². The number of hydrogen-bond acceptors (Lipinski definition) is 7. The maximum absolute atomic E-state index is 14.2. The normalized spacial score (nSPS) is 14.8. The SMILES string of the molecule is C[C@H]1Oc2cc(cnc2N)-c2c(C#N)nn(C)c2Cc2scnc2-c2ccc(F)cc21. The first-order valence-electron chi connectivity index (χ1n) is 9.57. The standard InChI is InChI=1S/C22H17FN6OS/c1-11-15-6-13(23)3-4-14(15)21-19(31-10-27-21)7-17-20(16(8-24)28-29(17)2)12-5-18(30-11)22(25)26-9-12/h3-6,9-11H,7H2,1-2H3,(H2,25,26)/t11-/m1/s1. The van der Waals surface area contributed by atoms with Gasteiger partial charge in [0.2, 0.25) is 0 Å². The zero-order chi connectivity index (χ0) is 21.7. The van der Waals surface area contributed by atoms with Gasteiger partial charge in [-0.15, -0.1) is 11.3 Å². The molecule has 0 fully saturated rings. The second kappa shape index (κ2) is 7.18. The van der Waals surface area contributed by atoms with Crippen molar-refractivity contribution in [1.29, 1.82) is 5.26 Å². The Morgan fingerprint density at radius 3 is 2.97 bits per heavy atom. The summed E-state index contributed by atoms with van der Waals surface area (Å²) in [6, 6.07) is 8.53. The Morgan fingerprint density at radius 2 is 2.16 bits per heavy atom. The summed E-state index contributed by atoms with van der Waals surface area (Å²) in [5, 5.41) is 14.1. The molecule has 9 heteroatoms. The van der Waals surface area contributed by atoms with Crippen LogP contribution in [-0.4, -0.2) is 19.7 Å². The van der Waals surface area contributed by atoms with Crippen LogP contribution in [0.15, 0.2) is 36.0 Å². The van der Waals surface area contributed by atoms with E-state index in [1.165, 1.54) is 23.5 Å². The summed E-state index contributed by atoms with van der Waals surface area (Å²) in [6.45, 7) is 1.83. The highest BCUT2D eigenvalue weighted by molar-refractivity contribution is 7.10. The van der Waals surface area contributed by atoms with E-state index in [-0.39, 0.29) is 11.6 Å². The van der Waals surface area contributed by atoms with E-state index in [1.54, 1.807) is 35.6 Å². The second-order valence-corrected chi connectivity index (χ2v) is 8.24. The second-order valence-electron chi connectivity index (χ2n) is 7.31. The topological polar surface area (TPSA) is 103 Å². The lowest BCUT2D eigenvalue weighted by Crippen LogP contribution is -2.09. The minimum absolute atomic E-state index is 0.212. The van der Waals surface area contributed by atoms with E-state index in [9.17, 15) is 9.65 Å². The van der Waals surface area contributed by atoms with Crippen LogP contribution in [0.2, 0.25) is 0 Å². The fourth-order valence-corrected chi connectivity index (χ4v) is 4.72. The van der Waals surface area contributed by atoms with Crippen molar-refractivity contribution in [3.05, 3.63) is 63.6 Å². The number of aryl methyl sites for hydroxylation is 1. The van der Waals surface area contributed by atoms with Crippen molar-refractivity contribution in [2.24, 2.45) is 7.05 Å². The average molecular weight is 432 g/mol. The van der Waals surface area contributed by atoms with Gasteiger partial charge < -0.3 is 10.5 Å². The van der Waals surface area contributed by atoms with Gasteiger partial charge in [-0.2, -0.15) is 10.4 Å². The summed E-state index contributed by atoms with van der Waals surface area (Å²) < 4.78 is 22.0. The van der Waals surface area contributed by atoms with Gasteiger partial charge in [0.25, 0.3) is 0 Å². The number of ether oxygens (including phenoxy) is 1. The van der Waals surface area contributed by atoms with Crippen molar-refractivity contribution in [2.75, 3.05) is 5.73 Å². The molecule has 31 heavy (non-hydrogen) atoms. The molecular weight excluding hydrogens is 415 g/mol. The van der Waals surface area contributed by atoms with Crippen molar-refractivity contribution < 1.29 is 9.13 Å². The minimum atomic E-state index is -0.511. The van der Waals surface area contributed by atoms with Gasteiger partial charge in [-0.05, 0) is 31.2 Å². The van der Waals surface area contributed by atoms with Crippen LogP contribution >= 0.6 is 11.3 Å². The van der Waals surface area contributed by atoms with Crippen molar-refractivity contribution in [1.82, 2.24) is 19.7 Å². The van der Waals surface area contributed by atoms with Crippen LogP contribution in [0.5, 0.6) is 5.75 Å². The number of aromatic nitrogens is 4. The molecule has 3 aromatic heterocycles. The van der Waals surface area contributed by atoms with E-state index < -0.39 is 6.10 Å². The number of nitrogens with two attached hydrogens (primary N) is 1. The summed E-state index contributed by atoms with van der Waals surface area (Å²) in [7, 11) is 1.81. The van der Waals surface area contributed by atoms with Crippen LogP contribution in [0.25, 0.3) is 22.4 Å². The van der Waals surface area contributed by atoms with Gasteiger partial charge in [0.05, 0.1) is 16.9 Å². The molecule has 7 nitrogen and oxygen atoms in total. The first kappa shape index (κ1) is 19.2. The molecule has 2 bridgehead atoms. The third-order valence-corrected chi connectivity index (χ3v) is 6.25. The number of rotatable bonds is 0. The Kier molecular flexibility index (Phi) is 4.45. The third-order valence-electron chi connectivity index (χ3n) is 5.42. The summed E-state index contributed by atoms with van der Waals surface area (Å²) in [5.41, 5.74) is 12.6. The van der Waals surface area contributed by atoms with Gasteiger partial charge >= 0.3 is 0 Å². The number of fused-ring (bicyclic) bond motifs is 7. The smallest absolute Gasteiger partial charge is 0.170 e. The van der Waals surface area contributed by atoms with Crippen molar-refractivity contribution >= 4 is 17.2 Å². The molecule has 0 saturated carbocycles. The van der Waals surface area contributed by atoms with E-state index in [0.29, 0.717) is 34.6 Å². The number of nitrogens with zero attached hydrogens (tertiary/aromatic N) is 5. The Morgan fingerprint density at radius 1 is 1.32 bits per heavy atom. The van der Waals surface area contributed by atoms with E-state index in [4.69, 9.17) is 10.5 Å². The minimum Gasteiger partial charge on any atom is -0.482 e. The number of nitriles is 1. The molecule has 154 valence electrons. The number of hydrogen-bond donors (Lipinski definition) is 1. The highest BCUT2D eigenvalue weighted by Gasteiger charge is 2.25. The Balaban J connectivity index is 1.83. The fourth-order valence-electron chi connectivity index (χ4n) is 3.94. The maximum Gasteiger partial charge on any atom is 0.170 e. The molecule has 4 heterocycles. The first-order valence-corrected chi connectivity index (χ1v) is 10.4. The summed E-state index contributed by atoms with van der Waals surface area (Å²) in [5.74, 6) is 0.215. The lowest BCUT2D eigenvalue weighted by Gasteiger charge is -2.20. The van der Waals surface area contributed by atoms with Gasteiger partial charge in [-0.25, -0.2) is 14.4 Å². The molecule has 0 radical (unpaired) electrons. The molecule has 1 aromatic carbocycles. The number of anilines is 1. The number of thiazole rings is 1. The van der Waals surface area contributed by atoms with Crippen LogP contribution in [0, 0.1) is 17.1 Å². The van der Waals surface area contributed by atoms with Crippen LogP contribution in [0.1, 0.15) is 34.9 Å². The lowest BCUT2D eigenvalue weighted by molar-refractivity contribution is 0.227. The highest BCUT2D eigenvalue weighted by Crippen LogP contribution is 2.40. The van der Waals surface area contributed by atoms with Crippen molar-refractivity contribution in [2.45, 2.75) is 19.4 Å². The average Bonchev–Trinajstić information content (AvgIpc) is 3.33. The summed E-state index contributed by atoms with van der Waals surface area (Å²) >= 11 is 1.51.